The molecule has 6 nitrogen and oxygen atoms in total. The van der Waals surface area contributed by atoms with E-state index >= 15 is 0 Å². The van der Waals surface area contributed by atoms with E-state index in [1.165, 1.54) is 11.8 Å². The van der Waals surface area contributed by atoms with Crippen LogP contribution in [0.2, 0.25) is 0 Å². The number of nitriles is 1. The first-order chi connectivity index (χ1) is 12.0. The summed E-state index contributed by atoms with van der Waals surface area (Å²) in [5, 5.41) is 12.4. The lowest BCUT2D eigenvalue weighted by Crippen LogP contribution is -2.50. The summed E-state index contributed by atoms with van der Waals surface area (Å²) in [6.07, 6.45) is 1.50. The summed E-state index contributed by atoms with van der Waals surface area (Å²) in [6, 6.07) is 10.0. The number of anilines is 1. The molecule has 1 fully saturated rings. The molecular formula is C19H27N5O. The van der Waals surface area contributed by atoms with E-state index in [1.807, 2.05) is 30.3 Å². The fraction of sp³-hybridized carbons (Fsp3) is 0.474. The Morgan fingerprint density at radius 1 is 1.28 bits per heavy atom. The molecule has 2 rings (SSSR count). The Labute approximate surface area is 149 Å². The first-order valence-corrected chi connectivity index (χ1v) is 8.73. The number of nitrogens with one attached hydrogen (secondary N) is 1. The predicted molar refractivity (Wildman–Crippen MR) is 99.9 cm³/mol. The van der Waals surface area contributed by atoms with Crippen LogP contribution in [0.4, 0.5) is 5.69 Å². The standard InChI is InChI=1S/C19H27N5O/c1-15(2)16-3-5-18(6-4-16)22-14-17(13-21)19(25)24-11-9-23(8-7-20)10-12-24/h3-6,14-15,22H,7-12,20H2,1-2H3/b17-14-. The Morgan fingerprint density at radius 3 is 2.44 bits per heavy atom. The van der Waals surface area contributed by atoms with Crippen molar-refractivity contribution in [3.63, 3.8) is 0 Å². The van der Waals surface area contributed by atoms with Crippen molar-refractivity contribution in [2.24, 2.45) is 5.73 Å². The van der Waals surface area contributed by atoms with Crippen molar-refractivity contribution in [2.75, 3.05) is 44.6 Å². The van der Waals surface area contributed by atoms with Gasteiger partial charge in [-0.1, -0.05) is 26.0 Å². The lowest BCUT2D eigenvalue weighted by atomic mass is 10.0. The summed E-state index contributed by atoms with van der Waals surface area (Å²) in [5.74, 6) is 0.250. The summed E-state index contributed by atoms with van der Waals surface area (Å²) in [5.41, 5.74) is 7.80. The summed E-state index contributed by atoms with van der Waals surface area (Å²) in [4.78, 5) is 16.5. The van der Waals surface area contributed by atoms with Crippen LogP contribution in [0.25, 0.3) is 0 Å². The van der Waals surface area contributed by atoms with Crippen LogP contribution in [0.15, 0.2) is 36.0 Å². The van der Waals surface area contributed by atoms with Gasteiger partial charge in [0.15, 0.2) is 0 Å². The van der Waals surface area contributed by atoms with Crippen LogP contribution < -0.4 is 11.1 Å². The molecule has 134 valence electrons. The molecule has 0 aliphatic carbocycles. The van der Waals surface area contributed by atoms with Gasteiger partial charge in [-0.25, -0.2) is 0 Å². The van der Waals surface area contributed by atoms with Gasteiger partial charge in [-0.05, 0) is 23.6 Å². The summed E-state index contributed by atoms with van der Waals surface area (Å²) in [6.45, 7) is 8.59. The molecule has 0 spiro atoms. The fourth-order valence-electron chi connectivity index (χ4n) is 2.79. The van der Waals surface area contributed by atoms with E-state index in [0.29, 0.717) is 25.6 Å². The maximum absolute atomic E-state index is 12.5. The number of amides is 1. The zero-order chi connectivity index (χ0) is 18.2. The maximum Gasteiger partial charge on any atom is 0.266 e. The number of nitrogens with zero attached hydrogens (tertiary/aromatic N) is 3. The number of hydrogen-bond acceptors (Lipinski definition) is 5. The molecule has 0 bridgehead atoms. The quantitative estimate of drug-likeness (QED) is 0.608. The van der Waals surface area contributed by atoms with Gasteiger partial charge < -0.3 is 16.0 Å². The zero-order valence-electron chi connectivity index (χ0n) is 15.0. The first kappa shape index (κ1) is 19.0. The molecule has 0 aromatic heterocycles. The second-order valence-corrected chi connectivity index (χ2v) is 6.51. The highest BCUT2D eigenvalue weighted by Crippen LogP contribution is 2.17. The summed E-state index contributed by atoms with van der Waals surface area (Å²) < 4.78 is 0. The minimum Gasteiger partial charge on any atom is -0.360 e. The molecule has 1 heterocycles. The number of nitrogens with two attached hydrogens (primary N) is 1. The van der Waals surface area contributed by atoms with Crippen molar-refractivity contribution in [2.45, 2.75) is 19.8 Å². The van der Waals surface area contributed by atoms with E-state index in [2.05, 4.69) is 24.1 Å². The first-order valence-electron chi connectivity index (χ1n) is 8.73. The van der Waals surface area contributed by atoms with Crippen LogP contribution in [-0.2, 0) is 4.79 Å². The number of carbonyl (C=O) groups is 1. The molecule has 0 atom stereocenters. The largest absolute Gasteiger partial charge is 0.360 e. The molecule has 0 radical (unpaired) electrons. The molecule has 6 heteroatoms. The number of carbonyl (C=O) groups excluding carboxylic acids is 1. The number of piperazine rings is 1. The average molecular weight is 341 g/mol. The van der Waals surface area contributed by atoms with Gasteiger partial charge in [0.25, 0.3) is 5.91 Å². The van der Waals surface area contributed by atoms with Gasteiger partial charge >= 0.3 is 0 Å². The van der Waals surface area contributed by atoms with Crippen LogP contribution in [-0.4, -0.2) is 55.0 Å². The number of hydrogen-bond donors (Lipinski definition) is 2. The smallest absolute Gasteiger partial charge is 0.266 e. The van der Waals surface area contributed by atoms with Crippen molar-refractivity contribution in [3.05, 3.63) is 41.6 Å². The van der Waals surface area contributed by atoms with Gasteiger partial charge in [-0.2, -0.15) is 5.26 Å². The van der Waals surface area contributed by atoms with E-state index in [1.54, 1.807) is 4.90 Å². The molecule has 1 saturated heterocycles. The van der Waals surface area contributed by atoms with E-state index in [4.69, 9.17) is 5.73 Å². The summed E-state index contributed by atoms with van der Waals surface area (Å²) in [7, 11) is 0. The average Bonchev–Trinajstić information content (AvgIpc) is 2.63. The third kappa shape index (κ3) is 5.31. The Morgan fingerprint density at radius 2 is 1.92 bits per heavy atom. The van der Waals surface area contributed by atoms with Crippen LogP contribution >= 0.6 is 0 Å². The van der Waals surface area contributed by atoms with Gasteiger partial charge in [0, 0.05) is 51.2 Å². The van der Waals surface area contributed by atoms with Gasteiger partial charge in [-0.3, -0.25) is 9.69 Å². The van der Waals surface area contributed by atoms with E-state index in [9.17, 15) is 10.1 Å². The number of benzene rings is 1. The molecule has 1 aromatic carbocycles. The highest BCUT2D eigenvalue weighted by Gasteiger charge is 2.23. The zero-order valence-corrected chi connectivity index (χ0v) is 15.0. The lowest BCUT2D eigenvalue weighted by Gasteiger charge is -2.34. The Balaban J connectivity index is 1.95. The van der Waals surface area contributed by atoms with Crippen molar-refractivity contribution in [1.82, 2.24) is 9.80 Å². The van der Waals surface area contributed by atoms with Gasteiger partial charge in [0.1, 0.15) is 11.6 Å². The Kier molecular flexibility index (Phi) is 6.99. The molecule has 0 saturated carbocycles. The molecule has 25 heavy (non-hydrogen) atoms. The Hall–Kier alpha value is -2.36. The van der Waals surface area contributed by atoms with Crippen molar-refractivity contribution in [1.29, 1.82) is 5.26 Å². The molecule has 0 unspecified atom stereocenters. The van der Waals surface area contributed by atoms with Crippen molar-refractivity contribution < 1.29 is 4.79 Å². The van der Waals surface area contributed by atoms with Gasteiger partial charge in [0.2, 0.25) is 0 Å². The Bertz CT molecular complexity index is 637. The lowest BCUT2D eigenvalue weighted by molar-refractivity contribution is -0.128. The van der Waals surface area contributed by atoms with E-state index < -0.39 is 0 Å². The molecule has 1 aliphatic heterocycles. The molecule has 1 aliphatic rings. The topological polar surface area (TPSA) is 85.4 Å². The van der Waals surface area contributed by atoms with E-state index in [0.717, 1.165) is 25.3 Å². The van der Waals surface area contributed by atoms with Crippen LogP contribution in [0.3, 0.4) is 0 Å². The molecule has 1 aromatic rings. The highest BCUT2D eigenvalue weighted by atomic mass is 16.2. The minimum absolute atomic E-state index is 0.125. The predicted octanol–water partition coefficient (Wildman–Crippen LogP) is 1.73. The van der Waals surface area contributed by atoms with Crippen LogP contribution in [0.5, 0.6) is 0 Å². The van der Waals surface area contributed by atoms with Crippen molar-refractivity contribution in [3.8, 4) is 6.07 Å². The maximum atomic E-state index is 12.5. The summed E-state index contributed by atoms with van der Waals surface area (Å²) >= 11 is 0. The second-order valence-electron chi connectivity index (χ2n) is 6.51. The van der Waals surface area contributed by atoms with Gasteiger partial charge in [0.05, 0.1) is 0 Å². The molecule has 3 N–H and O–H groups in total. The van der Waals surface area contributed by atoms with Crippen molar-refractivity contribution >= 4 is 11.6 Å². The normalized spacial score (nSPS) is 16.0. The monoisotopic (exact) mass is 341 g/mol. The molecular weight excluding hydrogens is 314 g/mol. The number of rotatable bonds is 6. The highest BCUT2D eigenvalue weighted by molar-refractivity contribution is 5.97. The third-order valence-corrected chi connectivity index (χ3v) is 4.42. The van der Waals surface area contributed by atoms with Crippen LogP contribution in [0, 0.1) is 11.3 Å². The fourth-order valence-corrected chi connectivity index (χ4v) is 2.79. The SMILES string of the molecule is CC(C)c1ccc(N/C=C(/C#N)C(=O)N2CCN(CCN)CC2)cc1. The van der Waals surface area contributed by atoms with E-state index in [-0.39, 0.29) is 11.5 Å². The van der Waals surface area contributed by atoms with Crippen LogP contribution in [0.1, 0.15) is 25.3 Å². The second kappa shape index (κ2) is 9.21. The minimum atomic E-state index is -0.221. The third-order valence-electron chi connectivity index (χ3n) is 4.42. The molecule has 1 amide bonds. The van der Waals surface area contributed by atoms with Gasteiger partial charge in [-0.15, -0.1) is 0 Å².